The maximum absolute atomic E-state index is 12.6. The van der Waals surface area contributed by atoms with Crippen molar-refractivity contribution in [3.8, 4) is 23.0 Å². The molecule has 0 radical (unpaired) electrons. The predicted octanol–water partition coefficient (Wildman–Crippen LogP) is 2.57. The molecule has 0 fully saturated rings. The summed E-state index contributed by atoms with van der Waals surface area (Å²) in [7, 11) is 3.20. The number of carbonyl (C=O) groups is 2. The molecule has 2 aromatic rings. The standard InChI is InChI=1S/C23H27N3O6/c1-29-19-11-15-6-8-26(14-16(15)12-20(19)30-2)23(28)24-7-5-22(27)25-17-3-4-18-21(13-17)32-10-9-31-18/h3-4,11-13H,5-10,14H2,1-2H3,(H,24,28)(H,25,27). The van der Waals surface area contributed by atoms with Crippen LogP contribution in [0.1, 0.15) is 17.5 Å². The molecule has 0 unspecified atom stereocenters. The van der Waals surface area contributed by atoms with E-state index in [0.29, 0.717) is 55.0 Å². The summed E-state index contributed by atoms with van der Waals surface area (Å²) in [5.41, 5.74) is 2.80. The van der Waals surface area contributed by atoms with Crippen LogP contribution in [-0.4, -0.2) is 57.4 Å². The summed E-state index contributed by atoms with van der Waals surface area (Å²) in [5.74, 6) is 2.42. The molecule has 4 rings (SSSR count). The van der Waals surface area contributed by atoms with Crippen molar-refractivity contribution in [3.63, 3.8) is 0 Å². The van der Waals surface area contributed by atoms with Gasteiger partial charge < -0.3 is 34.5 Å². The Morgan fingerprint density at radius 3 is 2.47 bits per heavy atom. The van der Waals surface area contributed by atoms with Gasteiger partial charge in [-0.2, -0.15) is 0 Å². The van der Waals surface area contributed by atoms with Gasteiger partial charge in [0.1, 0.15) is 13.2 Å². The first-order valence-corrected chi connectivity index (χ1v) is 10.5. The number of hydrogen-bond donors (Lipinski definition) is 2. The Bertz CT molecular complexity index is 1010. The van der Waals surface area contributed by atoms with Crippen LogP contribution >= 0.6 is 0 Å². The molecule has 2 heterocycles. The third kappa shape index (κ3) is 4.82. The van der Waals surface area contributed by atoms with Crippen LogP contribution in [0.5, 0.6) is 23.0 Å². The van der Waals surface area contributed by atoms with E-state index in [1.54, 1.807) is 37.3 Å². The number of benzene rings is 2. The Kier molecular flexibility index (Phi) is 6.53. The van der Waals surface area contributed by atoms with Gasteiger partial charge >= 0.3 is 6.03 Å². The summed E-state index contributed by atoms with van der Waals surface area (Å²) >= 11 is 0. The van der Waals surface area contributed by atoms with E-state index in [9.17, 15) is 9.59 Å². The van der Waals surface area contributed by atoms with Crippen molar-refractivity contribution in [2.24, 2.45) is 0 Å². The number of hydrogen-bond acceptors (Lipinski definition) is 6. The van der Waals surface area contributed by atoms with E-state index < -0.39 is 0 Å². The highest BCUT2D eigenvalue weighted by Crippen LogP contribution is 2.34. The number of ether oxygens (including phenoxy) is 4. The molecule has 0 atom stereocenters. The van der Waals surface area contributed by atoms with Crippen LogP contribution in [0, 0.1) is 0 Å². The molecule has 3 amide bonds. The van der Waals surface area contributed by atoms with Gasteiger partial charge in [0, 0.05) is 37.8 Å². The van der Waals surface area contributed by atoms with E-state index in [4.69, 9.17) is 18.9 Å². The molecule has 170 valence electrons. The van der Waals surface area contributed by atoms with Gasteiger partial charge in [0.15, 0.2) is 23.0 Å². The van der Waals surface area contributed by atoms with Gasteiger partial charge in [-0.05, 0) is 41.8 Å². The Morgan fingerprint density at radius 1 is 1.00 bits per heavy atom. The molecule has 0 aromatic heterocycles. The quantitative estimate of drug-likeness (QED) is 0.715. The number of anilines is 1. The zero-order valence-corrected chi connectivity index (χ0v) is 18.2. The lowest BCUT2D eigenvalue weighted by atomic mass is 9.99. The summed E-state index contributed by atoms with van der Waals surface area (Å²) < 4.78 is 21.7. The van der Waals surface area contributed by atoms with Gasteiger partial charge in [-0.15, -0.1) is 0 Å². The van der Waals surface area contributed by atoms with E-state index in [2.05, 4.69) is 10.6 Å². The summed E-state index contributed by atoms with van der Waals surface area (Å²) in [6.07, 6.45) is 0.892. The van der Waals surface area contributed by atoms with Gasteiger partial charge in [0.05, 0.1) is 14.2 Å². The van der Waals surface area contributed by atoms with Gasteiger partial charge in [-0.1, -0.05) is 0 Å². The fraction of sp³-hybridized carbons (Fsp3) is 0.391. The molecule has 9 nitrogen and oxygen atoms in total. The lowest BCUT2D eigenvalue weighted by Crippen LogP contribution is -2.43. The predicted molar refractivity (Wildman–Crippen MR) is 118 cm³/mol. The summed E-state index contributed by atoms with van der Waals surface area (Å²) in [6.45, 7) is 2.31. The van der Waals surface area contributed by atoms with Crippen LogP contribution in [-0.2, 0) is 17.8 Å². The number of urea groups is 1. The van der Waals surface area contributed by atoms with Gasteiger partial charge in [0.25, 0.3) is 0 Å². The molecule has 2 aromatic carbocycles. The topological polar surface area (TPSA) is 98.4 Å². The first kappa shape index (κ1) is 21.6. The highest BCUT2D eigenvalue weighted by molar-refractivity contribution is 5.91. The highest BCUT2D eigenvalue weighted by Gasteiger charge is 2.23. The maximum atomic E-state index is 12.6. The van der Waals surface area contributed by atoms with E-state index >= 15 is 0 Å². The zero-order valence-electron chi connectivity index (χ0n) is 18.2. The van der Waals surface area contributed by atoms with E-state index in [1.165, 1.54) is 0 Å². The number of carbonyl (C=O) groups excluding carboxylic acids is 2. The second kappa shape index (κ2) is 9.67. The van der Waals surface area contributed by atoms with E-state index in [-0.39, 0.29) is 24.9 Å². The number of amides is 3. The molecule has 0 saturated heterocycles. The molecular weight excluding hydrogens is 414 g/mol. The summed E-state index contributed by atoms with van der Waals surface area (Å²) in [5, 5.41) is 5.64. The fourth-order valence-electron chi connectivity index (χ4n) is 3.80. The number of methoxy groups -OCH3 is 2. The Labute approximate surface area is 186 Å². The normalized spacial score (nSPS) is 14.2. The van der Waals surface area contributed by atoms with Crippen LogP contribution in [0.15, 0.2) is 30.3 Å². The zero-order chi connectivity index (χ0) is 22.5. The molecule has 0 bridgehead atoms. The van der Waals surface area contributed by atoms with Crippen LogP contribution in [0.25, 0.3) is 0 Å². The third-order valence-electron chi connectivity index (χ3n) is 5.46. The van der Waals surface area contributed by atoms with Gasteiger partial charge in [-0.3, -0.25) is 4.79 Å². The summed E-state index contributed by atoms with van der Waals surface area (Å²) in [6, 6.07) is 8.94. The Hall–Kier alpha value is -3.62. The number of nitrogens with zero attached hydrogens (tertiary/aromatic N) is 1. The maximum Gasteiger partial charge on any atom is 0.317 e. The van der Waals surface area contributed by atoms with Crippen molar-refractivity contribution in [3.05, 3.63) is 41.5 Å². The Balaban J connectivity index is 1.26. The van der Waals surface area contributed by atoms with Gasteiger partial charge in [-0.25, -0.2) is 4.79 Å². The lowest BCUT2D eigenvalue weighted by molar-refractivity contribution is -0.116. The fourth-order valence-corrected chi connectivity index (χ4v) is 3.80. The monoisotopic (exact) mass is 441 g/mol. The molecule has 0 aliphatic carbocycles. The van der Waals surface area contributed by atoms with Crippen molar-refractivity contribution in [1.82, 2.24) is 10.2 Å². The van der Waals surface area contributed by atoms with Crippen molar-refractivity contribution in [2.75, 3.05) is 45.8 Å². The van der Waals surface area contributed by atoms with Gasteiger partial charge in [0.2, 0.25) is 5.91 Å². The largest absolute Gasteiger partial charge is 0.493 e. The minimum atomic E-state index is -0.197. The minimum Gasteiger partial charge on any atom is -0.493 e. The SMILES string of the molecule is COc1cc2c(cc1OC)CN(C(=O)NCCC(=O)Nc1ccc3c(c1)OCCO3)CC2. The smallest absolute Gasteiger partial charge is 0.317 e. The molecule has 9 heteroatoms. The number of fused-ring (bicyclic) bond motifs is 2. The molecule has 0 saturated carbocycles. The van der Waals surface area contributed by atoms with Crippen molar-refractivity contribution >= 4 is 17.6 Å². The molecule has 0 spiro atoms. The molecular formula is C23H27N3O6. The average Bonchev–Trinajstić information content (AvgIpc) is 2.82. The number of nitrogens with one attached hydrogen (secondary N) is 2. The molecule has 2 aliphatic heterocycles. The second-order valence-corrected chi connectivity index (χ2v) is 7.54. The first-order valence-electron chi connectivity index (χ1n) is 10.5. The average molecular weight is 441 g/mol. The first-order chi connectivity index (χ1) is 15.6. The molecule has 2 N–H and O–H groups in total. The number of rotatable bonds is 6. The van der Waals surface area contributed by atoms with Crippen LogP contribution in [0.2, 0.25) is 0 Å². The minimum absolute atomic E-state index is 0.162. The van der Waals surface area contributed by atoms with E-state index in [1.807, 2.05) is 12.1 Å². The van der Waals surface area contributed by atoms with E-state index in [0.717, 1.165) is 17.5 Å². The Morgan fingerprint density at radius 2 is 1.72 bits per heavy atom. The van der Waals surface area contributed by atoms with Crippen molar-refractivity contribution in [1.29, 1.82) is 0 Å². The van der Waals surface area contributed by atoms with Crippen LogP contribution in [0.4, 0.5) is 10.5 Å². The summed E-state index contributed by atoms with van der Waals surface area (Å²) in [4.78, 5) is 26.6. The molecule has 32 heavy (non-hydrogen) atoms. The van der Waals surface area contributed by atoms with Crippen LogP contribution < -0.4 is 29.6 Å². The molecule has 2 aliphatic rings. The highest BCUT2D eigenvalue weighted by atomic mass is 16.6. The van der Waals surface area contributed by atoms with Crippen LogP contribution in [0.3, 0.4) is 0 Å². The second-order valence-electron chi connectivity index (χ2n) is 7.54. The lowest BCUT2D eigenvalue weighted by Gasteiger charge is -2.29. The van der Waals surface area contributed by atoms with Crippen molar-refractivity contribution < 1.29 is 28.5 Å². The third-order valence-corrected chi connectivity index (χ3v) is 5.46. The van der Waals surface area contributed by atoms with Crippen molar-refractivity contribution in [2.45, 2.75) is 19.4 Å².